The number of imidazole rings is 1. The molecule has 9 aromatic rings. The molecule has 2 heterocycles. The van der Waals surface area contributed by atoms with Crippen molar-refractivity contribution in [2.45, 2.75) is 138 Å². The Labute approximate surface area is 498 Å². The molecule has 0 radical (unpaired) electrons. The molecule has 1 N–H and O–H groups in total. The summed E-state index contributed by atoms with van der Waals surface area (Å²) in [5, 5.41) is 13.4. The number of benzene rings is 7. The van der Waals surface area contributed by atoms with E-state index in [1.165, 1.54) is 22.8 Å². The van der Waals surface area contributed by atoms with E-state index in [4.69, 9.17) is 36.5 Å². The predicted octanol–water partition coefficient (Wildman–Crippen LogP) is 19.0. The Morgan fingerprint density at radius 3 is 1.69 bits per heavy atom. The van der Waals surface area contributed by atoms with Crippen LogP contribution >= 0.6 is 0 Å². The van der Waals surface area contributed by atoms with Crippen molar-refractivity contribution in [3.05, 3.63) is 191 Å². The third-order valence-electron chi connectivity index (χ3n) is 13.0. The summed E-state index contributed by atoms with van der Waals surface area (Å²) in [6, 6.07) is 37.9. The van der Waals surface area contributed by atoms with E-state index in [0.29, 0.717) is 33.9 Å². The van der Waals surface area contributed by atoms with Gasteiger partial charge in [-0.05, 0) is 109 Å². The minimum Gasteiger partial charge on any atom is -0.507 e. The number of aromatic nitrogens is 3. The Bertz CT molecular complexity index is 4420. The molecular formula is C70H76N3OPt-. The van der Waals surface area contributed by atoms with Crippen LogP contribution in [-0.2, 0) is 49.1 Å². The van der Waals surface area contributed by atoms with E-state index in [1.807, 2.05) is 77.9 Å². The van der Waals surface area contributed by atoms with Crippen LogP contribution in [0.5, 0.6) is 5.75 Å². The van der Waals surface area contributed by atoms with Crippen LogP contribution in [0, 0.1) is 18.3 Å². The van der Waals surface area contributed by atoms with Gasteiger partial charge in [0.25, 0.3) is 0 Å². The second-order valence-electron chi connectivity index (χ2n) is 22.1. The molecule has 0 saturated carbocycles. The van der Waals surface area contributed by atoms with Crippen LogP contribution in [0.4, 0.5) is 0 Å². The fourth-order valence-electron chi connectivity index (χ4n) is 9.15. The molecule has 5 heteroatoms. The number of nitrogens with zero attached hydrogens (tertiary/aromatic N) is 3. The number of phenolic OH excluding ortho intramolecular Hbond substituents is 1. The van der Waals surface area contributed by atoms with Crippen LogP contribution < -0.4 is 0 Å². The molecule has 0 fully saturated rings. The molecule has 4 nitrogen and oxygen atoms in total. The van der Waals surface area contributed by atoms with Gasteiger partial charge in [-0.15, -0.1) is 29.3 Å². The normalized spacial score (nSPS) is 18.8. The van der Waals surface area contributed by atoms with Crippen molar-refractivity contribution in [3.63, 3.8) is 0 Å². The van der Waals surface area contributed by atoms with Crippen molar-refractivity contribution in [3.8, 4) is 78.6 Å². The summed E-state index contributed by atoms with van der Waals surface area (Å²) >= 11 is 0. The molecule has 7 aromatic carbocycles. The minimum atomic E-state index is -4.25. The standard InChI is InChI=1S/C70H76N3O.Pt/c1-44-43-71-60(41-55(44)48-32-30-45(31-33-48)42-66(2,3)4)50-34-49(35-51(36-50)67(5,6)7)54-28-23-29-61-62(54)72-65(58-39-53(69(11,12)13)40-59(64(58)74)70(14,15)16)73(61)63-56(46-24-19-17-20-25-46)37-52(68(8,9)10)38-57(63)47-26-21-18-22-27-47;/h17-33,35-41,43,74H,42H2,1-16H3;/q-1;/i1D3,11D3,12D3,13D3,14D3,15D3,16D3,32D,33D,42D2;. The Morgan fingerprint density at radius 1 is 0.573 bits per heavy atom. The van der Waals surface area contributed by atoms with Crippen LogP contribution in [0.2, 0.25) is 0 Å². The van der Waals surface area contributed by atoms with E-state index < -0.39 is 110 Å². The molecule has 9 rings (SSSR count). The van der Waals surface area contributed by atoms with Gasteiger partial charge in [0.05, 0.1) is 25.0 Å². The molecule has 2 aromatic heterocycles. The minimum absolute atomic E-state index is 0. The van der Waals surface area contributed by atoms with E-state index in [0.717, 1.165) is 11.8 Å². The van der Waals surface area contributed by atoms with Gasteiger partial charge in [0.1, 0.15) is 11.6 Å². The molecule has 0 aliphatic carbocycles. The van der Waals surface area contributed by atoms with Gasteiger partial charge in [0, 0.05) is 81.2 Å². The topological polar surface area (TPSA) is 50.9 Å². The first-order valence-electron chi connectivity index (χ1n) is 36.9. The number of para-hydroxylation sites is 1. The zero-order valence-electron chi connectivity index (χ0n) is 68.4. The van der Waals surface area contributed by atoms with E-state index in [2.05, 4.69) is 11.1 Å². The second-order valence-corrected chi connectivity index (χ2v) is 22.1. The van der Waals surface area contributed by atoms with E-state index >= 15 is 0 Å². The van der Waals surface area contributed by atoms with Gasteiger partial charge in [-0.1, -0.05) is 224 Å². The number of phenols is 1. The third-order valence-corrected chi connectivity index (χ3v) is 13.0. The Balaban J connectivity index is 0.0000127. The van der Waals surface area contributed by atoms with Crippen LogP contribution in [0.3, 0.4) is 0 Å². The van der Waals surface area contributed by atoms with Gasteiger partial charge in [0.15, 0.2) is 0 Å². The van der Waals surface area contributed by atoms with Gasteiger partial charge < -0.3 is 5.11 Å². The van der Waals surface area contributed by atoms with Gasteiger partial charge in [0.2, 0.25) is 0 Å². The molecular weight excluding hydrogens is 1090 g/mol. The van der Waals surface area contributed by atoms with Crippen molar-refractivity contribution in [2.24, 2.45) is 5.41 Å². The van der Waals surface area contributed by atoms with E-state index in [9.17, 15) is 7.85 Å². The van der Waals surface area contributed by atoms with Crippen LogP contribution in [0.15, 0.2) is 152 Å². The van der Waals surface area contributed by atoms with Gasteiger partial charge in [-0.3, -0.25) is 9.55 Å². The molecule has 0 spiro atoms. The average molecular weight is 1200 g/mol. The van der Waals surface area contributed by atoms with Crippen molar-refractivity contribution < 1.29 is 60.4 Å². The van der Waals surface area contributed by atoms with Crippen molar-refractivity contribution in [2.75, 3.05) is 0 Å². The summed E-state index contributed by atoms with van der Waals surface area (Å²) in [6.45, 7) is -11.3. The number of hydrogen-bond acceptors (Lipinski definition) is 3. The number of pyridine rings is 1. The number of aryl methyl sites for hydroxylation is 1. The quantitative estimate of drug-likeness (QED) is 0.154. The maximum absolute atomic E-state index is 13.4. The number of hydrogen-bond donors (Lipinski definition) is 1. The van der Waals surface area contributed by atoms with Gasteiger partial charge >= 0.3 is 0 Å². The van der Waals surface area contributed by atoms with Crippen LogP contribution in [0.1, 0.15) is 171 Å². The zero-order valence-corrected chi connectivity index (χ0v) is 45.7. The summed E-state index contributed by atoms with van der Waals surface area (Å²) in [5.74, 6) is -2.00. The number of rotatable bonds is 8. The molecule has 0 amide bonds. The van der Waals surface area contributed by atoms with Gasteiger partial charge in [-0.2, -0.15) is 0 Å². The van der Waals surface area contributed by atoms with Crippen molar-refractivity contribution >= 4 is 11.0 Å². The Morgan fingerprint density at radius 2 is 1.13 bits per heavy atom. The average Bonchev–Trinajstić information content (AvgIpc) is 0.803. The molecule has 0 bridgehead atoms. The summed E-state index contributed by atoms with van der Waals surface area (Å²) in [5.41, 5.74) is -10.3. The number of aromatic hydroxyl groups is 1. The predicted molar refractivity (Wildman–Crippen MR) is 315 cm³/mol. The summed E-state index contributed by atoms with van der Waals surface area (Å²) in [6.07, 6.45) is -0.905. The maximum Gasteiger partial charge on any atom is 0.148 e. The molecule has 0 unspecified atom stereocenters. The van der Waals surface area contributed by atoms with E-state index in [-0.39, 0.29) is 101 Å². The molecule has 0 aliphatic heterocycles. The monoisotopic (exact) mass is 1190 g/mol. The van der Waals surface area contributed by atoms with E-state index in [1.54, 1.807) is 87.5 Å². The van der Waals surface area contributed by atoms with Crippen LogP contribution in [-0.4, -0.2) is 19.6 Å². The summed E-state index contributed by atoms with van der Waals surface area (Å²) < 4.78 is 225. The fourth-order valence-corrected chi connectivity index (χ4v) is 9.15. The first-order valence-corrected chi connectivity index (χ1v) is 24.4. The smallest absolute Gasteiger partial charge is 0.148 e. The SMILES string of the molecule is [2H]c1cc(C([2H])([2H])C(C)(C)C)cc([2H])c1-c1cc(-c2[c-]c(-c3cccc4c3nc(-c3cc(C(C([2H])([2H])[2H])(C([2H])([2H])[2H])C([2H])([2H])[2H])cc(C(C([2H])([2H])[2H])(C([2H])([2H])[2H])C([2H])([2H])[2H])c3O)n4-c3c(-c4ccccc4)cc(C(C)(C)C)cc3-c3ccccc3)cc(C(C)(C)C)c2)ncc1C([2H])([2H])[2H].[Pt]. The molecule has 75 heavy (non-hydrogen) atoms. The van der Waals surface area contributed by atoms with Crippen molar-refractivity contribution in [1.82, 2.24) is 14.5 Å². The molecule has 0 saturated heterocycles. The van der Waals surface area contributed by atoms with Crippen LogP contribution in [0.25, 0.3) is 83.9 Å². The third kappa shape index (κ3) is 11.4. The maximum atomic E-state index is 13.4. The number of fused-ring (bicyclic) bond motifs is 1. The zero-order chi connectivity index (χ0) is 74.3. The molecule has 0 aliphatic rings. The Kier molecular flexibility index (Phi) is 8.40. The summed E-state index contributed by atoms with van der Waals surface area (Å²) in [7, 11) is 0. The first kappa shape index (κ1) is 31.0. The first-order chi connectivity index (χ1) is 45.0. The Hall–Kier alpha value is -6.35. The largest absolute Gasteiger partial charge is 0.507 e. The second kappa shape index (κ2) is 20.3. The summed E-state index contributed by atoms with van der Waals surface area (Å²) in [4.78, 5) is 9.97. The van der Waals surface area contributed by atoms with Gasteiger partial charge in [-0.25, -0.2) is 4.98 Å². The van der Waals surface area contributed by atoms with Crippen molar-refractivity contribution in [1.29, 1.82) is 0 Å². The molecule has 0 atom stereocenters. The fraction of sp³-hybridized carbons (Fsp3) is 0.314. The molecule has 388 valence electrons.